The normalized spacial score (nSPS) is 14.0. The highest BCUT2D eigenvalue weighted by atomic mass is 79.9. The second-order valence-electron chi connectivity index (χ2n) is 5.02. The number of allylic oxidation sites excluding steroid dienone is 6. The molecule has 8 heteroatoms. The minimum Gasteiger partial charge on any atom is -0.479 e. The largest absolute Gasteiger partial charge is 0.479 e. The molecule has 4 rings (SSSR count). The molecule has 1 aromatic carbocycles. The first kappa shape index (κ1) is 16.6. The first-order valence-electron chi connectivity index (χ1n) is 7.00. The van der Waals surface area contributed by atoms with Crippen molar-refractivity contribution in [3.05, 3.63) is 63.1 Å². The van der Waals surface area contributed by atoms with Gasteiger partial charge < -0.3 is 5.11 Å². The number of aromatic nitrogens is 3. The Bertz CT molecular complexity index is 839. The summed E-state index contributed by atoms with van der Waals surface area (Å²) in [4.78, 5) is 11.4. The molecule has 122 valence electrons. The number of nitrogens with zero attached hydrogens (tertiary/aromatic N) is 3. The van der Waals surface area contributed by atoms with E-state index < -0.39 is 6.01 Å². The molecule has 0 fully saturated rings. The molecule has 24 heavy (non-hydrogen) atoms. The zero-order chi connectivity index (χ0) is 17.1. The van der Waals surface area contributed by atoms with E-state index in [0.29, 0.717) is 15.1 Å². The quantitative estimate of drug-likeness (QED) is 0.519. The van der Waals surface area contributed by atoms with E-state index in [1.54, 1.807) is 18.2 Å². The van der Waals surface area contributed by atoms with Crippen LogP contribution in [-0.4, -0.2) is 20.1 Å². The number of benzene rings is 1. The first-order chi connectivity index (χ1) is 11.6. The SMILES string of the molecule is C1=CC2=CC=C1C2.NNc1nc(O)nc(-c2c(Cl)cccc2Br)n1. The topological polar surface area (TPSA) is 97.0 Å². The number of hydrogen-bond donors (Lipinski definition) is 3. The number of fused-ring (bicyclic) bond motifs is 2. The Labute approximate surface area is 151 Å². The predicted octanol–water partition coefficient (Wildman–Crippen LogP) is 3.76. The van der Waals surface area contributed by atoms with Gasteiger partial charge in [0.1, 0.15) is 0 Å². The minimum absolute atomic E-state index is 0.0549. The summed E-state index contributed by atoms with van der Waals surface area (Å²) in [6.07, 6.45) is 9.90. The number of nitrogens with one attached hydrogen (secondary N) is 1. The zero-order valence-electron chi connectivity index (χ0n) is 12.4. The maximum absolute atomic E-state index is 9.35. The number of anilines is 1. The predicted molar refractivity (Wildman–Crippen MR) is 97.4 cm³/mol. The third-order valence-electron chi connectivity index (χ3n) is 3.37. The highest BCUT2D eigenvalue weighted by molar-refractivity contribution is 9.10. The Hall–Kier alpha value is -2.22. The molecule has 0 spiro atoms. The Morgan fingerprint density at radius 3 is 2.33 bits per heavy atom. The van der Waals surface area contributed by atoms with Gasteiger partial charge in [-0.25, -0.2) is 5.84 Å². The minimum atomic E-state index is -0.435. The molecule has 2 aliphatic rings. The number of rotatable bonds is 2. The maximum atomic E-state index is 9.35. The monoisotopic (exact) mass is 405 g/mol. The van der Waals surface area contributed by atoms with Crippen molar-refractivity contribution in [2.45, 2.75) is 6.42 Å². The Morgan fingerprint density at radius 1 is 1.12 bits per heavy atom. The lowest BCUT2D eigenvalue weighted by Crippen LogP contribution is -2.11. The molecule has 1 heterocycles. The van der Waals surface area contributed by atoms with Crippen LogP contribution in [0.4, 0.5) is 5.95 Å². The molecule has 0 aliphatic heterocycles. The molecule has 0 amide bonds. The van der Waals surface area contributed by atoms with Crippen molar-refractivity contribution in [2.75, 3.05) is 5.43 Å². The summed E-state index contributed by atoms with van der Waals surface area (Å²) >= 11 is 9.38. The van der Waals surface area contributed by atoms with E-state index >= 15 is 0 Å². The van der Waals surface area contributed by atoms with E-state index in [4.69, 9.17) is 17.4 Å². The molecule has 1 aromatic heterocycles. The third kappa shape index (κ3) is 3.64. The van der Waals surface area contributed by atoms with Crippen LogP contribution in [0.1, 0.15) is 6.42 Å². The highest BCUT2D eigenvalue weighted by Crippen LogP contribution is 2.33. The second-order valence-corrected chi connectivity index (χ2v) is 6.28. The van der Waals surface area contributed by atoms with Crippen molar-refractivity contribution in [1.82, 2.24) is 15.0 Å². The van der Waals surface area contributed by atoms with Gasteiger partial charge >= 0.3 is 6.01 Å². The maximum Gasteiger partial charge on any atom is 0.319 e. The smallest absolute Gasteiger partial charge is 0.319 e. The average Bonchev–Trinajstić information content (AvgIpc) is 3.20. The van der Waals surface area contributed by atoms with Crippen LogP contribution in [0.15, 0.2) is 58.1 Å². The van der Waals surface area contributed by atoms with Gasteiger partial charge in [-0.1, -0.05) is 42.0 Å². The van der Waals surface area contributed by atoms with Gasteiger partial charge in [0.15, 0.2) is 5.82 Å². The molecule has 6 nitrogen and oxygen atoms in total. The summed E-state index contributed by atoms with van der Waals surface area (Å²) in [5.41, 5.74) is 5.73. The Kier molecular flexibility index (Phi) is 4.94. The van der Waals surface area contributed by atoms with Crippen molar-refractivity contribution >= 4 is 33.5 Å². The van der Waals surface area contributed by atoms with Crippen LogP contribution in [-0.2, 0) is 0 Å². The molecule has 4 N–H and O–H groups in total. The van der Waals surface area contributed by atoms with E-state index in [0.717, 1.165) is 0 Å². The van der Waals surface area contributed by atoms with Gasteiger partial charge in [-0.15, -0.1) is 0 Å². The molecular formula is C16H13BrClN5O. The fourth-order valence-corrected chi connectivity index (χ4v) is 3.18. The van der Waals surface area contributed by atoms with Gasteiger partial charge in [0.05, 0.1) is 10.6 Å². The number of halogens is 2. The lowest BCUT2D eigenvalue weighted by atomic mass is 10.2. The second kappa shape index (κ2) is 7.12. The molecule has 0 saturated heterocycles. The molecule has 0 atom stereocenters. The van der Waals surface area contributed by atoms with Gasteiger partial charge in [-0.2, -0.15) is 15.0 Å². The zero-order valence-corrected chi connectivity index (χ0v) is 14.7. The third-order valence-corrected chi connectivity index (χ3v) is 4.35. The van der Waals surface area contributed by atoms with Crippen molar-refractivity contribution in [1.29, 1.82) is 0 Å². The van der Waals surface area contributed by atoms with Crippen LogP contribution in [0.2, 0.25) is 5.02 Å². The van der Waals surface area contributed by atoms with E-state index in [1.807, 2.05) is 0 Å². The van der Waals surface area contributed by atoms with E-state index in [1.165, 1.54) is 17.6 Å². The summed E-state index contributed by atoms with van der Waals surface area (Å²) < 4.78 is 0.707. The number of hydrogen-bond acceptors (Lipinski definition) is 6. The van der Waals surface area contributed by atoms with Crippen LogP contribution in [0, 0.1) is 0 Å². The molecule has 0 unspecified atom stereocenters. The summed E-state index contributed by atoms with van der Waals surface area (Å²) in [5.74, 6) is 5.46. The van der Waals surface area contributed by atoms with Gasteiger partial charge in [0.2, 0.25) is 5.95 Å². The molecule has 2 bridgehead atoms. The summed E-state index contributed by atoms with van der Waals surface area (Å²) in [7, 11) is 0. The average molecular weight is 407 g/mol. The fourth-order valence-electron chi connectivity index (χ4n) is 2.26. The summed E-state index contributed by atoms with van der Waals surface area (Å²) in [6, 6.07) is 4.82. The van der Waals surface area contributed by atoms with Crippen molar-refractivity contribution in [2.24, 2.45) is 5.84 Å². The van der Waals surface area contributed by atoms with Gasteiger partial charge in [-0.05, 0) is 45.6 Å². The lowest BCUT2D eigenvalue weighted by Gasteiger charge is -2.07. The Morgan fingerprint density at radius 2 is 1.83 bits per heavy atom. The molecule has 2 aliphatic carbocycles. The molecule has 0 radical (unpaired) electrons. The standard InChI is InChI=1S/C9H7BrClN5O.C7H6/c10-4-2-1-3-5(11)6(4)7-13-8(16-12)15-9(17)14-7;1-2-7-4-3-6(1)5-7/h1-3H,12H2,(H2,13,14,15,16,17);1-4H,5H2. The van der Waals surface area contributed by atoms with Crippen molar-refractivity contribution in [3.8, 4) is 17.4 Å². The fraction of sp³-hybridized carbons (Fsp3) is 0.0625. The molecule has 0 saturated carbocycles. The van der Waals surface area contributed by atoms with Crippen LogP contribution >= 0.6 is 27.5 Å². The van der Waals surface area contributed by atoms with E-state index in [2.05, 4.69) is 60.6 Å². The van der Waals surface area contributed by atoms with Crippen LogP contribution in [0.25, 0.3) is 11.4 Å². The van der Waals surface area contributed by atoms with E-state index in [9.17, 15) is 5.11 Å². The van der Waals surface area contributed by atoms with Gasteiger partial charge in [0, 0.05) is 4.47 Å². The van der Waals surface area contributed by atoms with Crippen LogP contribution in [0.5, 0.6) is 6.01 Å². The van der Waals surface area contributed by atoms with Crippen LogP contribution in [0.3, 0.4) is 0 Å². The Balaban J connectivity index is 0.000000198. The van der Waals surface area contributed by atoms with Gasteiger partial charge in [0.25, 0.3) is 0 Å². The van der Waals surface area contributed by atoms with Crippen LogP contribution < -0.4 is 11.3 Å². The highest BCUT2D eigenvalue weighted by Gasteiger charge is 2.13. The number of nitrogens with two attached hydrogens (primary N) is 1. The molecule has 2 aromatic rings. The number of hydrazine groups is 1. The number of nitrogen functional groups attached to an aromatic ring is 1. The first-order valence-corrected chi connectivity index (χ1v) is 8.18. The summed E-state index contributed by atoms with van der Waals surface area (Å²) in [5, 5.41) is 9.80. The number of aromatic hydroxyl groups is 1. The lowest BCUT2D eigenvalue weighted by molar-refractivity contribution is 0.430. The summed E-state index contributed by atoms with van der Waals surface area (Å²) in [6.45, 7) is 0. The van der Waals surface area contributed by atoms with Gasteiger partial charge in [-0.3, -0.25) is 5.43 Å². The van der Waals surface area contributed by atoms with E-state index in [-0.39, 0.29) is 11.8 Å². The van der Waals surface area contributed by atoms with Crippen molar-refractivity contribution in [3.63, 3.8) is 0 Å². The molecular weight excluding hydrogens is 394 g/mol. The van der Waals surface area contributed by atoms with Crippen molar-refractivity contribution < 1.29 is 5.11 Å².